The molecule has 10 heavy (non-hydrogen) atoms. The summed E-state index contributed by atoms with van der Waals surface area (Å²) in [6.07, 6.45) is 2.10. The molecule has 0 aliphatic carbocycles. The third-order valence-corrected chi connectivity index (χ3v) is 1.61. The number of ether oxygens (including phenoxy) is 2. The number of hydrogen-bond donors (Lipinski definition) is 1. The van der Waals surface area contributed by atoms with Crippen molar-refractivity contribution in [3.8, 4) is 0 Å². The Morgan fingerprint density at radius 2 is 2.40 bits per heavy atom. The van der Waals surface area contributed by atoms with Crippen LogP contribution in [-0.2, 0) is 9.47 Å². The highest BCUT2D eigenvalue weighted by atomic mass is 16.7. The van der Waals surface area contributed by atoms with Gasteiger partial charge in [-0.1, -0.05) is 0 Å². The minimum atomic E-state index is -0.0475. The summed E-state index contributed by atoms with van der Waals surface area (Å²) >= 11 is 0. The molecule has 1 heterocycles. The van der Waals surface area contributed by atoms with Gasteiger partial charge < -0.3 is 15.2 Å². The lowest BCUT2D eigenvalue weighted by Gasteiger charge is -2.27. The first-order chi connectivity index (χ1) is 4.83. The molecule has 1 fully saturated rings. The smallest absolute Gasteiger partial charge is 0.159 e. The molecule has 0 saturated carbocycles. The molecule has 3 heteroatoms. The van der Waals surface area contributed by atoms with Crippen LogP contribution in [0.15, 0.2) is 0 Å². The zero-order valence-electron chi connectivity index (χ0n) is 6.38. The van der Waals surface area contributed by atoms with E-state index in [1.807, 2.05) is 0 Å². The topological polar surface area (TPSA) is 44.5 Å². The molecule has 60 valence electrons. The second-order valence-electron chi connectivity index (χ2n) is 2.61. The van der Waals surface area contributed by atoms with Crippen LogP contribution in [0.3, 0.4) is 0 Å². The van der Waals surface area contributed by atoms with E-state index in [9.17, 15) is 0 Å². The molecule has 0 bridgehead atoms. The van der Waals surface area contributed by atoms with Gasteiger partial charge >= 0.3 is 0 Å². The van der Waals surface area contributed by atoms with Crippen LogP contribution in [0.5, 0.6) is 0 Å². The molecule has 1 aliphatic heterocycles. The van der Waals surface area contributed by atoms with Crippen molar-refractivity contribution in [2.24, 2.45) is 5.73 Å². The molecule has 1 aliphatic rings. The van der Waals surface area contributed by atoms with E-state index < -0.39 is 0 Å². The molecule has 3 nitrogen and oxygen atoms in total. The van der Waals surface area contributed by atoms with E-state index in [-0.39, 0.29) is 6.29 Å². The Bertz CT molecular complexity index is 95.6. The lowest BCUT2D eigenvalue weighted by atomic mass is 10.2. The molecule has 0 aromatic heterocycles. The predicted molar refractivity (Wildman–Crippen MR) is 38.6 cm³/mol. The maximum absolute atomic E-state index is 5.42. The zero-order chi connectivity index (χ0) is 7.40. The number of nitrogens with two attached hydrogens (primary N) is 1. The van der Waals surface area contributed by atoms with Gasteiger partial charge in [0.25, 0.3) is 0 Å². The zero-order valence-corrected chi connectivity index (χ0v) is 6.38. The summed E-state index contributed by atoms with van der Waals surface area (Å²) < 4.78 is 10.7. The molecular weight excluding hydrogens is 130 g/mol. The summed E-state index contributed by atoms with van der Waals surface area (Å²) in [5.41, 5.74) is 5.34. The lowest BCUT2D eigenvalue weighted by Crippen LogP contribution is -2.31. The highest BCUT2D eigenvalue weighted by Gasteiger charge is 2.17. The monoisotopic (exact) mass is 145 g/mol. The summed E-state index contributed by atoms with van der Waals surface area (Å²) in [4.78, 5) is 0. The maximum Gasteiger partial charge on any atom is 0.159 e. The summed E-state index contributed by atoms with van der Waals surface area (Å²) in [7, 11) is 0. The SMILES string of the molecule is CC1CCOC(CCN)O1. The lowest BCUT2D eigenvalue weighted by molar-refractivity contribution is -0.208. The number of hydrogen-bond acceptors (Lipinski definition) is 3. The molecule has 0 radical (unpaired) electrons. The predicted octanol–water partition coefficient (Wildman–Crippen LogP) is 0.487. The third kappa shape index (κ3) is 2.25. The minimum absolute atomic E-state index is 0.0475. The Hall–Kier alpha value is -0.120. The fraction of sp³-hybridized carbons (Fsp3) is 1.00. The van der Waals surface area contributed by atoms with Gasteiger partial charge in [-0.2, -0.15) is 0 Å². The second-order valence-corrected chi connectivity index (χ2v) is 2.61. The quantitative estimate of drug-likeness (QED) is 0.615. The van der Waals surface area contributed by atoms with E-state index in [1.165, 1.54) is 0 Å². The molecule has 1 rings (SSSR count). The Kier molecular flexibility index (Phi) is 3.12. The first-order valence-electron chi connectivity index (χ1n) is 3.80. The van der Waals surface area contributed by atoms with Crippen LogP contribution in [-0.4, -0.2) is 25.5 Å². The van der Waals surface area contributed by atoms with Crippen molar-refractivity contribution in [3.63, 3.8) is 0 Å². The summed E-state index contributed by atoms with van der Waals surface area (Å²) in [6, 6.07) is 0. The molecule has 2 N–H and O–H groups in total. The van der Waals surface area contributed by atoms with E-state index in [2.05, 4.69) is 6.92 Å². The van der Waals surface area contributed by atoms with Crippen LogP contribution in [0.2, 0.25) is 0 Å². The molecule has 1 saturated heterocycles. The van der Waals surface area contributed by atoms with E-state index in [1.54, 1.807) is 0 Å². The highest BCUT2D eigenvalue weighted by molar-refractivity contribution is 4.58. The standard InChI is InChI=1S/C7H15NO2/c1-6-3-5-9-7(10-6)2-4-8/h6-7H,2-5,8H2,1H3. The summed E-state index contributed by atoms with van der Waals surface area (Å²) in [6.45, 7) is 3.51. The van der Waals surface area contributed by atoms with Gasteiger partial charge in [-0.3, -0.25) is 0 Å². The van der Waals surface area contributed by atoms with Gasteiger partial charge in [-0.05, 0) is 19.9 Å². The van der Waals surface area contributed by atoms with Crippen LogP contribution < -0.4 is 5.73 Å². The van der Waals surface area contributed by atoms with Crippen molar-refractivity contribution in [1.29, 1.82) is 0 Å². The largest absolute Gasteiger partial charge is 0.353 e. The van der Waals surface area contributed by atoms with Crippen LogP contribution in [0.1, 0.15) is 19.8 Å². The van der Waals surface area contributed by atoms with Crippen molar-refractivity contribution in [1.82, 2.24) is 0 Å². The molecule has 0 amide bonds. The van der Waals surface area contributed by atoms with Gasteiger partial charge in [-0.15, -0.1) is 0 Å². The van der Waals surface area contributed by atoms with Crippen molar-refractivity contribution in [2.45, 2.75) is 32.2 Å². The Morgan fingerprint density at radius 1 is 1.60 bits per heavy atom. The number of rotatable bonds is 2. The van der Waals surface area contributed by atoms with Gasteiger partial charge in [0.2, 0.25) is 0 Å². The van der Waals surface area contributed by atoms with E-state index in [4.69, 9.17) is 15.2 Å². The second kappa shape index (κ2) is 3.91. The fourth-order valence-corrected chi connectivity index (χ4v) is 1.02. The van der Waals surface area contributed by atoms with E-state index in [0.717, 1.165) is 19.4 Å². The Labute approximate surface area is 61.5 Å². The molecule has 2 unspecified atom stereocenters. The van der Waals surface area contributed by atoms with Crippen molar-refractivity contribution >= 4 is 0 Å². The van der Waals surface area contributed by atoms with Gasteiger partial charge in [0.15, 0.2) is 6.29 Å². The van der Waals surface area contributed by atoms with Crippen LogP contribution >= 0.6 is 0 Å². The molecule has 0 aromatic rings. The molecule has 0 aromatic carbocycles. The first-order valence-corrected chi connectivity index (χ1v) is 3.80. The van der Waals surface area contributed by atoms with Crippen LogP contribution in [0.4, 0.5) is 0 Å². The fourth-order valence-electron chi connectivity index (χ4n) is 1.02. The molecule has 2 atom stereocenters. The van der Waals surface area contributed by atoms with Gasteiger partial charge in [0.05, 0.1) is 12.7 Å². The van der Waals surface area contributed by atoms with Crippen molar-refractivity contribution < 1.29 is 9.47 Å². The normalized spacial score (nSPS) is 34.2. The average Bonchev–Trinajstić information content (AvgIpc) is 1.88. The van der Waals surface area contributed by atoms with Crippen LogP contribution in [0.25, 0.3) is 0 Å². The Balaban J connectivity index is 2.18. The van der Waals surface area contributed by atoms with Gasteiger partial charge in [-0.25, -0.2) is 0 Å². The first kappa shape index (κ1) is 7.98. The third-order valence-electron chi connectivity index (χ3n) is 1.61. The maximum atomic E-state index is 5.42. The van der Waals surface area contributed by atoms with Crippen LogP contribution in [0, 0.1) is 0 Å². The Morgan fingerprint density at radius 3 is 3.00 bits per heavy atom. The molecule has 0 spiro atoms. The summed E-state index contributed by atoms with van der Waals surface area (Å²) in [5.74, 6) is 0. The molecular formula is C7H15NO2. The van der Waals surface area contributed by atoms with E-state index in [0.29, 0.717) is 12.6 Å². The minimum Gasteiger partial charge on any atom is -0.353 e. The average molecular weight is 145 g/mol. The van der Waals surface area contributed by atoms with Crippen molar-refractivity contribution in [2.75, 3.05) is 13.2 Å². The van der Waals surface area contributed by atoms with Gasteiger partial charge in [0.1, 0.15) is 0 Å². The van der Waals surface area contributed by atoms with E-state index >= 15 is 0 Å². The summed E-state index contributed by atoms with van der Waals surface area (Å²) in [5, 5.41) is 0. The van der Waals surface area contributed by atoms with Gasteiger partial charge in [0, 0.05) is 6.42 Å². The van der Waals surface area contributed by atoms with Crippen molar-refractivity contribution in [3.05, 3.63) is 0 Å². The highest BCUT2D eigenvalue weighted by Crippen LogP contribution is 2.13.